The van der Waals surface area contributed by atoms with Crippen molar-refractivity contribution in [2.45, 2.75) is 58.9 Å². The summed E-state index contributed by atoms with van der Waals surface area (Å²) in [5, 5.41) is 15.1. The molecule has 0 saturated carbocycles. The van der Waals surface area contributed by atoms with Crippen molar-refractivity contribution >= 4 is 28.3 Å². The molecule has 3 aromatic rings. The Hall–Kier alpha value is -3.46. The van der Waals surface area contributed by atoms with Crippen LogP contribution in [0.15, 0.2) is 42.5 Å². The smallest absolute Gasteiger partial charge is 0.251 e. The average molecular weight is 509 g/mol. The number of fused-ring (bicyclic) bond motifs is 1. The highest BCUT2D eigenvalue weighted by atomic mass is 32.1. The normalized spacial score (nSPS) is 13.8. The van der Waals surface area contributed by atoms with Gasteiger partial charge in [0.15, 0.2) is 11.5 Å². The van der Waals surface area contributed by atoms with E-state index in [-0.39, 0.29) is 24.5 Å². The summed E-state index contributed by atoms with van der Waals surface area (Å²) in [7, 11) is 0. The number of nitrogens with one attached hydrogen (secondary N) is 2. The number of rotatable bonds is 11. The number of carbonyl (C=O) groups excluding carboxylic acids is 2. The fraction of sp³-hybridized carbons (Fsp3) is 0.407. The molecule has 0 aliphatic carbocycles. The molecule has 0 bridgehead atoms. The molecule has 8 nitrogen and oxygen atoms in total. The van der Waals surface area contributed by atoms with E-state index >= 15 is 0 Å². The first kappa shape index (κ1) is 25.6. The molecule has 0 spiro atoms. The molecule has 0 radical (unpaired) electrons. The van der Waals surface area contributed by atoms with Crippen LogP contribution < -0.4 is 20.1 Å². The summed E-state index contributed by atoms with van der Waals surface area (Å²) in [5.41, 5.74) is 2.57. The minimum atomic E-state index is -0.704. The van der Waals surface area contributed by atoms with Gasteiger partial charge in [0.2, 0.25) is 17.8 Å². The third-order valence-electron chi connectivity index (χ3n) is 6.34. The summed E-state index contributed by atoms with van der Waals surface area (Å²) in [4.78, 5) is 26.1. The predicted octanol–water partition coefficient (Wildman–Crippen LogP) is 5.45. The number of unbranched alkanes of at least 4 members (excludes halogenated alkanes) is 2. The zero-order valence-corrected chi connectivity index (χ0v) is 21.7. The summed E-state index contributed by atoms with van der Waals surface area (Å²) in [6.07, 6.45) is 5.24. The quantitative estimate of drug-likeness (QED) is 0.334. The summed E-state index contributed by atoms with van der Waals surface area (Å²) in [6.45, 7) is 6.31. The largest absolute Gasteiger partial charge is 0.454 e. The second-order valence-corrected chi connectivity index (χ2v) is 9.94. The number of carbonyl (C=O) groups is 2. The van der Waals surface area contributed by atoms with Gasteiger partial charge in [0.25, 0.3) is 5.91 Å². The van der Waals surface area contributed by atoms with Crippen molar-refractivity contribution in [1.82, 2.24) is 15.5 Å². The van der Waals surface area contributed by atoms with Crippen LogP contribution in [-0.2, 0) is 11.2 Å². The molecule has 2 amide bonds. The number of benzene rings is 2. The van der Waals surface area contributed by atoms with E-state index in [1.54, 1.807) is 0 Å². The third kappa shape index (κ3) is 6.20. The van der Waals surface area contributed by atoms with Gasteiger partial charge in [-0.25, -0.2) is 0 Å². The topological polar surface area (TPSA) is 102 Å². The van der Waals surface area contributed by atoms with E-state index in [4.69, 9.17) is 9.47 Å². The van der Waals surface area contributed by atoms with Crippen molar-refractivity contribution in [2.24, 2.45) is 5.92 Å². The Morgan fingerprint density at radius 3 is 2.56 bits per heavy atom. The van der Waals surface area contributed by atoms with Gasteiger partial charge in [-0.2, -0.15) is 0 Å². The summed E-state index contributed by atoms with van der Waals surface area (Å²) in [5.74, 6) is 0.691. The molecule has 0 fully saturated rings. The van der Waals surface area contributed by atoms with E-state index in [1.165, 1.54) is 29.7 Å². The standard InChI is InChI=1S/C27H32N4O4S/c1-4-6-7-8-18-9-11-19(12-10-18)24(32)28-23(17(3)5-2)25(33)29-27-31-30-26(36-27)20-13-14-21-22(15-20)35-16-34-21/h9-15,17,23H,4-8,16H2,1-3H3,(H,28,32)(H,29,31,33)/t17-,23-/m1/s1. The second-order valence-electron chi connectivity index (χ2n) is 8.96. The number of hydrogen-bond acceptors (Lipinski definition) is 7. The lowest BCUT2D eigenvalue weighted by Gasteiger charge is -2.23. The Bertz CT molecular complexity index is 1190. The lowest BCUT2D eigenvalue weighted by Crippen LogP contribution is -2.47. The summed E-state index contributed by atoms with van der Waals surface area (Å²) in [6, 6.07) is 12.5. The van der Waals surface area contributed by atoms with E-state index in [2.05, 4.69) is 27.8 Å². The maximum Gasteiger partial charge on any atom is 0.251 e. The van der Waals surface area contributed by atoms with Crippen LogP contribution in [-0.4, -0.2) is 34.8 Å². The van der Waals surface area contributed by atoms with Gasteiger partial charge in [-0.3, -0.25) is 14.9 Å². The number of amides is 2. The molecule has 1 aliphatic heterocycles. The Morgan fingerprint density at radius 1 is 1.03 bits per heavy atom. The average Bonchev–Trinajstić information content (AvgIpc) is 3.56. The van der Waals surface area contributed by atoms with Crippen LogP contribution in [0.1, 0.15) is 62.4 Å². The molecule has 1 aliphatic rings. The van der Waals surface area contributed by atoms with Gasteiger partial charge in [-0.15, -0.1) is 10.2 Å². The third-order valence-corrected chi connectivity index (χ3v) is 7.23. The Morgan fingerprint density at radius 2 is 1.81 bits per heavy atom. The molecular formula is C27H32N4O4S. The summed E-state index contributed by atoms with van der Waals surface area (Å²) < 4.78 is 10.8. The van der Waals surface area contributed by atoms with E-state index < -0.39 is 6.04 Å². The van der Waals surface area contributed by atoms with Crippen LogP contribution >= 0.6 is 11.3 Å². The molecule has 190 valence electrons. The monoisotopic (exact) mass is 508 g/mol. The fourth-order valence-corrected chi connectivity index (χ4v) is 4.67. The maximum absolute atomic E-state index is 13.2. The van der Waals surface area contributed by atoms with Gasteiger partial charge in [0.05, 0.1) is 0 Å². The first-order valence-electron chi connectivity index (χ1n) is 12.4. The molecule has 0 unspecified atom stereocenters. The van der Waals surface area contributed by atoms with Crippen molar-refractivity contribution < 1.29 is 19.1 Å². The van der Waals surface area contributed by atoms with Crippen molar-refractivity contribution in [3.8, 4) is 22.1 Å². The van der Waals surface area contributed by atoms with Crippen LogP contribution in [0.3, 0.4) is 0 Å². The highest BCUT2D eigenvalue weighted by Crippen LogP contribution is 2.37. The lowest BCUT2D eigenvalue weighted by atomic mass is 9.97. The number of aryl methyl sites for hydroxylation is 1. The molecule has 2 aromatic carbocycles. The minimum absolute atomic E-state index is 0.0662. The Balaban J connectivity index is 1.40. The first-order valence-corrected chi connectivity index (χ1v) is 13.2. The van der Waals surface area contributed by atoms with Crippen molar-refractivity contribution in [2.75, 3.05) is 12.1 Å². The molecule has 2 heterocycles. The van der Waals surface area contributed by atoms with E-state index in [0.717, 1.165) is 24.8 Å². The van der Waals surface area contributed by atoms with Gasteiger partial charge >= 0.3 is 0 Å². The fourth-order valence-electron chi connectivity index (χ4n) is 3.93. The van der Waals surface area contributed by atoms with Crippen LogP contribution in [0, 0.1) is 5.92 Å². The van der Waals surface area contributed by atoms with Gasteiger partial charge in [-0.05, 0) is 54.7 Å². The van der Waals surface area contributed by atoms with Crippen molar-refractivity contribution in [1.29, 1.82) is 0 Å². The van der Waals surface area contributed by atoms with E-state index in [1.807, 2.05) is 56.3 Å². The lowest BCUT2D eigenvalue weighted by molar-refractivity contribution is -0.119. The molecule has 36 heavy (non-hydrogen) atoms. The van der Waals surface area contributed by atoms with Gasteiger partial charge < -0.3 is 14.8 Å². The Kier molecular flexibility index (Phi) is 8.53. The molecule has 1 aromatic heterocycles. The number of aromatic nitrogens is 2. The maximum atomic E-state index is 13.2. The van der Waals surface area contributed by atoms with Crippen LogP contribution in [0.5, 0.6) is 11.5 Å². The zero-order chi connectivity index (χ0) is 25.5. The van der Waals surface area contributed by atoms with Gasteiger partial charge in [-0.1, -0.05) is 63.5 Å². The predicted molar refractivity (Wildman–Crippen MR) is 140 cm³/mol. The van der Waals surface area contributed by atoms with Crippen LogP contribution in [0.4, 0.5) is 5.13 Å². The first-order chi connectivity index (χ1) is 17.5. The van der Waals surface area contributed by atoms with Crippen LogP contribution in [0.25, 0.3) is 10.6 Å². The minimum Gasteiger partial charge on any atom is -0.454 e. The number of anilines is 1. The zero-order valence-electron chi connectivity index (χ0n) is 20.9. The molecular weight excluding hydrogens is 476 g/mol. The van der Waals surface area contributed by atoms with Gasteiger partial charge in [0.1, 0.15) is 11.0 Å². The Labute approximate surface area is 215 Å². The summed E-state index contributed by atoms with van der Waals surface area (Å²) >= 11 is 1.26. The SMILES string of the molecule is CCCCCc1ccc(C(=O)N[C@@H](C(=O)Nc2nnc(-c3ccc4c(c3)OCO4)s2)[C@H](C)CC)cc1. The van der Waals surface area contributed by atoms with Crippen LogP contribution in [0.2, 0.25) is 0 Å². The second kappa shape index (κ2) is 12.0. The molecule has 2 N–H and O–H groups in total. The van der Waals surface area contributed by atoms with Crippen molar-refractivity contribution in [3.63, 3.8) is 0 Å². The van der Waals surface area contributed by atoms with E-state index in [9.17, 15) is 9.59 Å². The number of ether oxygens (including phenoxy) is 2. The molecule has 2 atom stereocenters. The van der Waals surface area contributed by atoms with E-state index in [0.29, 0.717) is 27.2 Å². The molecule has 9 heteroatoms. The molecule has 0 saturated heterocycles. The van der Waals surface area contributed by atoms with Gasteiger partial charge in [0, 0.05) is 11.1 Å². The molecule has 4 rings (SSSR count). The highest BCUT2D eigenvalue weighted by Gasteiger charge is 2.27. The van der Waals surface area contributed by atoms with Crippen molar-refractivity contribution in [3.05, 3.63) is 53.6 Å². The highest BCUT2D eigenvalue weighted by molar-refractivity contribution is 7.18. The number of nitrogens with zero attached hydrogens (tertiary/aromatic N) is 2. The number of hydrogen-bond donors (Lipinski definition) is 2.